The van der Waals surface area contributed by atoms with Crippen molar-refractivity contribution in [1.29, 1.82) is 0 Å². The van der Waals surface area contributed by atoms with Gasteiger partial charge in [0.25, 0.3) is 5.91 Å². The van der Waals surface area contributed by atoms with Gasteiger partial charge in [-0.2, -0.15) is 13.2 Å². The quantitative estimate of drug-likeness (QED) is 0.424. The zero-order valence-corrected chi connectivity index (χ0v) is 26.5. The fourth-order valence-electron chi connectivity index (χ4n) is 6.58. The molecule has 8 nitrogen and oxygen atoms in total. The van der Waals surface area contributed by atoms with E-state index in [-0.39, 0.29) is 17.9 Å². The third-order valence-corrected chi connectivity index (χ3v) is 10.3. The number of alkyl halides is 3. The highest BCUT2D eigenvalue weighted by Crippen LogP contribution is 2.44. The van der Waals surface area contributed by atoms with Gasteiger partial charge in [0.15, 0.2) is 0 Å². The van der Waals surface area contributed by atoms with E-state index in [0.29, 0.717) is 49.2 Å². The van der Waals surface area contributed by atoms with Crippen LogP contribution in [0.3, 0.4) is 0 Å². The predicted octanol–water partition coefficient (Wildman–Crippen LogP) is 5.26. The second-order valence-corrected chi connectivity index (χ2v) is 14.3. The van der Waals surface area contributed by atoms with Crippen molar-refractivity contribution in [2.75, 3.05) is 11.4 Å². The van der Waals surface area contributed by atoms with Crippen molar-refractivity contribution in [2.24, 2.45) is 4.99 Å². The molecule has 240 valence electrons. The number of amidine groups is 1. The Morgan fingerprint density at radius 3 is 2.40 bits per heavy atom. The highest BCUT2D eigenvalue weighted by atomic mass is 19.4. The van der Waals surface area contributed by atoms with E-state index >= 15 is 0 Å². The van der Waals surface area contributed by atoms with E-state index in [1.807, 2.05) is 33.8 Å². The Balaban J connectivity index is 1.16. The number of pyridine rings is 1. The number of ether oxygens (including phenoxy) is 1. The first-order valence-electron chi connectivity index (χ1n) is 16.0. The second-order valence-electron chi connectivity index (χ2n) is 14.3. The van der Waals surface area contributed by atoms with Crippen LogP contribution in [0, 0.1) is 0 Å². The van der Waals surface area contributed by atoms with E-state index in [2.05, 4.69) is 34.3 Å². The SMILES string of the molecule is C[C@H]1C[C@@]2(CCN1c1cc(B3OC(C)(C)C(C)(C)O3)ccc1COC1CC1)N=C(c1ccc(C(F)(F)F)nc1C1CC1)NC2=O. The van der Waals surface area contributed by atoms with E-state index in [1.165, 1.54) is 6.07 Å². The molecule has 2 atom stereocenters. The van der Waals surface area contributed by atoms with Crippen molar-refractivity contribution >= 4 is 30.0 Å². The summed E-state index contributed by atoms with van der Waals surface area (Å²) in [6.07, 6.45) is 0.399. The molecule has 4 heterocycles. The van der Waals surface area contributed by atoms with E-state index in [4.69, 9.17) is 19.0 Å². The van der Waals surface area contributed by atoms with Crippen LogP contribution < -0.4 is 15.7 Å². The van der Waals surface area contributed by atoms with Crippen LogP contribution in [0.4, 0.5) is 18.9 Å². The van der Waals surface area contributed by atoms with E-state index in [1.54, 1.807) is 0 Å². The summed E-state index contributed by atoms with van der Waals surface area (Å²) in [6.45, 7) is 11.3. The standard InChI is InChI=1S/C33H40BF3N4O4/c1-19-17-32(29(42)39-28(40-32)24-12-13-26(33(35,36)37)38-27(24)20-6-7-20)14-15-41(19)25-16-22(9-8-21(25)18-43-23-10-11-23)34-44-30(2,3)31(4,5)45-34/h8-9,12-13,16,19-20,23H,6-7,10-11,14-15,17-18H2,1-5H3,(H,39,40,42)/t19-,32+/m0/s1. The largest absolute Gasteiger partial charge is 0.494 e. The Morgan fingerprint density at radius 2 is 1.78 bits per heavy atom. The van der Waals surface area contributed by atoms with Gasteiger partial charge in [-0.1, -0.05) is 12.1 Å². The van der Waals surface area contributed by atoms with Gasteiger partial charge in [0.1, 0.15) is 17.1 Å². The number of hydrogen-bond acceptors (Lipinski definition) is 7. The molecule has 1 aromatic carbocycles. The maximum Gasteiger partial charge on any atom is 0.494 e. The highest BCUT2D eigenvalue weighted by molar-refractivity contribution is 6.62. The van der Waals surface area contributed by atoms with Gasteiger partial charge in [-0.05, 0) is 90.4 Å². The first-order chi connectivity index (χ1) is 21.2. The molecule has 1 spiro atoms. The number of aliphatic imine (C=N–C) groups is 1. The zero-order chi connectivity index (χ0) is 31.9. The lowest BCUT2D eigenvalue weighted by Crippen LogP contribution is -2.53. The minimum atomic E-state index is -4.53. The molecule has 0 bridgehead atoms. The molecule has 7 rings (SSSR count). The third kappa shape index (κ3) is 5.67. The van der Waals surface area contributed by atoms with Crippen molar-refractivity contribution in [3.05, 3.63) is 52.8 Å². The highest BCUT2D eigenvalue weighted by Gasteiger charge is 2.53. The molecule has 0 radical (unpaired) electrons. The fraction of sp³-hybridized carbons (Fsp3) is 0.606. The summed E-state index contributed by atoms with van der Waals surface area (Å²) in [5.41, 5.74) is 1.01. The summed E-state index contributed by atoms with van der Waals surface area (Å²) in [5.74, 6) is 0.0608. The summed E-state index contributed by atoms with van der Waals surface area (Å²) >= 11 is 0. The molecule has 0 unspecified atom stereocenters. The Hall–Kier alpha value is -2.96. The number of hydrogen-bond donors (Lipinski definition) is 1. The monoisotopic (exact) mass is 624 g/mol. The van der Waals surface area contributed by atoms with E-state index < -0.39 is 35.7 Å². The summed E-state index contributed by atoms with van der Waals surface area (Å²) < 4.78 is 59.2. The Kier molecular flexibility index (Phi) is 7.18. The lowest BCUT2D eigenvalue weighted by Gasteiger charge is -2.43. The number of piperidine rings is 1. The molecule has 2 saturated carbocycles. The first-order valence-corrected chi connectivity index (χ1v) is 16.0. The number of amides is 1. The Bertz CT molecular complexity index is 1540. The molecule has 5 aliphatic rings. The minimum Gasteiger partial charge on any atom is -0.399 e. The van der Waals surface area contributed by atoms with Crippen molar-refractivity contribution < 1.29 is 32.0 Å². The van der Waals surface area contributed by atoms with Crippen LogP contribution in [-0.2, 0) is 31.6 Å². The van der Waals surface area contributed by atoms with Gasteiger partial charge in [-0.25, -0.2) is 4.98 Å². The van der Waals surface area contributed by atoms with Crippen LogP contribution in [0.25, 0.3) is 0 Å². The van der Waals surface area contributed by atoms with Crippen molar-refractivity contribution in [3.63, 3.8) is 0 Å². The number of aromatic nitrogens is 1. The molecule has 12 heteroatoms. The second kappa shape index (κ2) is 10.5. The molecule has 3 aliphatic heterocycles. The van der Waals surface area contributed by atoms with Gasteiger partial charge in [-0.15, -0.1) is 0 Å². The number of anilines is 1. The molecule has 2 saturated heterocycles. The lowest BCUT2D eigenvalue weighted by atomic mass is 9.77. The number of carbonyl (C=O) groups excluding carboxylic acids is 1. The van der Waals surface area contributed by atoms with Gasteiger partial charge in [0.05, 0.1) is 29.6 Å². The van der Waals surface area contributed by atoms with Gasteiger partial charge < -0.3 is 24.3 Å². The van der Waals surface area contributed by atoms with Crippen LogP contribution in [0.15, 0.2) is 35.3 Å². The van der Waals surface area contributed by atoms with E-state index in [9.17, 15) is 18.0 Å². The smallest absolute Gasteiger partial charge is 0.399 e. The topological polar surface area (TPSA) is 85.3 Å². The van der Waals surface area contributed by atoms with Crippen LogP contribution in [0.1, 0.15) is 102 Å². The van der Waals surface area contributed by atoms with Gasteiger partial charge in [0, 0.05) is 41.7 Å². The molecule has 1 N–H and O–H groups in total. The number of nitrogens with zero attached hydrogens (tertiary/aromatic N) is 3. The van der Waals surface area contributed by atoms with Crippen LogP contribution in [0.2, 0.25) is 0 Å². The van der Waals surface area contributed by atoms with Gasteiger partial charge in [-0.3, -0.25) is 9.79 Å². The predicted molar refractivity (Wildman–Crippen MR) is 165 cm³/mol. The average molecular weight is 625 g/mol. The molecule has 2 aromatic rings. The molecule has 2 aliphatic carbocycles. The number of benzene rings is 1. The fourth-order valence-corrected chi connectivity index (χ4v) is 6.58. The normalized spacial score (nSPS) is 27.7. The first kappa shape index (κ1) is 30.7. The molecule has 1 aromatic heterocycles. The van der Waals surface area contributed by atoms with Crippen molar-refractivity contribution in [1.82, 2.24) is 10.3 Å². The van der Waals surface area contributed by atoms with Crippen molar-refractivity contribution in [2.45, 2.75) is 121 Å². The van der Waals surface area contributed by atoms with Gasteiger partial charge in [0.2, 0.25) is 0 Å². The minimum absolute atomic E-state index is 0.0493. The molecular formula is C33H40BF3N4O4. The Labute approximate surface area is 262 Å². The van der Waals surface area contributed by atoms with E-state index in [0.717, 1.165) is 48.5 Å². The zero-order valence-electron chi connectivity index (χ0n) is 26.5. The number of carbonyl (C=O) groups is 1. The molecule has 1 amide bonds. The summed E-state index contributed by atoms with van der Waals surface area (Å²) in [4.78, 5) is 24.8. The third-order valence-electron chi connectivity index (χ3n) is 10.3. The number of rotatable bonds is 7. The van der Waals surface area contributed by atoms with Crippen LogP contribution >= 0.6 is 0 Å². The number of nitrogens with one attached hydrogen (secondary N) is 1. The van der Waals surface area contributed by atoms with Crippen molar-refractivity contribution in [3.8, 4) is 0 Å². The summed E-state index contributed by atoms with van der Waals surface area (Å²) in [6, 6.07) is 8.59. The van der Waals surface area contributed by atoms with Crippen LogP contribution in [-0.4, -0.2) is 59.3 Å². The Morgan fingerprint density at radius 1 is 1.07 bits per heavy atom. The maximum absolute atomic E-state index is 13.6. The molecular weight excluding hydrogens is 584 g/mol. The summed E-state index contributed by atoms with van der Waals surface area (Å²) in [5, 5.41) is 2.92. The molecule has 4 fully saturated rings. The lowest BCUT2D eigenvalue weighted by molar-refractivity contribution is -0.141. The van der Waals surface area contributed by atoms with Gasteiger partial charge >= 0.3 is 13.3 Å². The number of halogens is 3. The molecule has 45 heavy (non-hydrogen) atoms. The summed E-state index contributed by atoms with van der Waals surface area (Å²) in [7, 11) is -0.510. The van der Waals surface area contributed by atoms with Crippen LogP contribution in [0.5, 0.6) is 0 Å². The average Bonchev–Trinajstić information content (AvgIpc) is 3.89. The maximum atomic E-state index is 13.6.